The number of hydrogen-bond donors (Lipinski definition) is 3. The Labute approximate surface area is 206 Å². The predicted molar refractivity (Wildman–Crippen MR) is 126 cm³/mol. The number of phenolic OH excluding ortho intramolecular Hbond substituents is 1. The number of ether oxygens (including phenoxy) is 3. The molecule has 1 aromatic rings. The second-order valence-corrected chi connectivity index (χ2v) is 11.7. The number of phenols is 1. The van der Waals surface area contributed by atoms with E-state index in [0.717, 1.165) is 23.1 Å². The smallest absolute Gasteiger partial charge is 0.334 e. The highest BCUT2D eigenvalue weighted by atomic mass is 16.7. The molecule has 10 atom stereocenters. The molecule has 1 aromatic carbocycles. The average Bonchev–Trinajstić information content (AvgIpc) is 3.26. The van der Waals surface area contributed by atoms with Crippen LogP contribution >= 0.6 is 0 Å². The van der Waals surface area contributed by atoms with Crippen molar-refractivity contribution in [1.29, 1.82) is 0 Å². The molecular formula is C28H36O7. The molecule has 2 saturated carbocycles. The molecular weight excluding hydrogens is 448 g/mol. The van der Waals surface area contributed by atoms with Crippen molar-refractivity contribution < 1.29 is 34.3 Å². The molecule has 0 bridgehead atoms. The zero-order valence-corrected chi connectivity index (χ0v) is 21.1. The normalized spacial score (nSPS) is 48.3. The summed E-state index contributed by atoms with van der Waals surface area (Å²) in [7, 11) is 1.63. The van der Waals surface area contributed by atoms with E-state index in [1.165, 1.54) is 0 Å². The molecule has 2 aliphatic heterocycles. The standard InChI is InChI=1S/C28H36O7/c1-13-14(2)25(31)34-23(13)24-15(3)27(32)10-9-19-17-11-21(30)16-7-6-8-20(29)22(16)18(17)12-28(33-5,35-24)26(19,27)4/h6-8,15,17-19,21,23-24,29-30,32H,9-12H2,1-5H3/t15-,17-,18+,19+,21-,23-,24+,26+,27-,28+/m1/s1. The van der Waals surface area contributed by atoms with Gasteiger partial charge in [-0.15, -0.1) is 0 Å². The van der Waals surface area contributed by atoms with E-state index in [4.69, 9.17) is 14.2 Å². The largest absolute Gasteiger partial charge is 0.508 e. The molecule has 5 aliphatic rings. The van der Waals surface area contributed by atoms with E-state index in [2.05, 4.69) is 6.92 Å². The van der Waals surface area contributed by atoms with E-state index in [9.17, 15) is 20.1 Å². The molecule has 3 aliphatic carbocycles. The Morgan fingerprint density at radius 2 is 1.97 bits per heavy atom. The number of cyclic esters (lactones) is 1. The van der Waals surface area contributed by atoms with Crippen molar-refractivity contribution in [2.45, 2.75) is 89.0 Å². The van der Waals surface area contributed by atoms with Gasteiger partial charge in [0.25, 0.3) is 0 Å². The third kappa shape index (κ3) is 2.63. The fourth-order valence-electron chi connectivity index (χ4n) is 8.84. The van der Waals surface area contributed by atoms with Crippen molar-refractivity contribution in [3.8, 4) is 5.75 Å². The van der Waals surface area contributed by atoms with Crippen LogP contribution in [-0.2, 0) is 19.0 Å². The number of carbonyl (C=O) groups excluding carboxylic acids is 1. The summed E-state index contributed by atoms with van der Waals surface area (Å²) in [6, 6.07) is 5.33. The zero-order valence-electron chi connectivity index (χ0n) is 21.1. The van der Waals surface area contributed by atoms with Gasteiger partial charge in [-0.1, -0.05) is 26.0 Å². The monoisotopic (exact) mass is 484 g/mol. The van der Waals surface area contributed by atoms with E-state index in [0.29, 0.717) is 24.8 Å². The summed E-state index contributed by atoms with van der Waals surface area (Å²) in [5, 5.41) is 34.4. The maximum absolute atomic E-state index is 12.5. The highest BCUT2D eigenvalue weighted by molar-refractivity contribution is 5.91. The Bertz CT molecular complexity index is 1130. The van der Waals surface area contributed by atoms with Gasteiger partial charge in [-0.2, -0.15) is 0 Å². The first kappa shape index (κ1) is 23.5. The maximum Gasteiger partial charge on any atom is 0.334 e. The molecule has 190 valence electrons. The van der Waals surface area contributed by atoms with Gasteiger partial charge in [0.2, 0.25) is 0 Å². The van der Waals surface area contributed by atoms with Crippen LogP contribution in [0.4, 0.5) is 0 Å². The molecule has 0 unspecified atom stereocenters. The number of hydrogen-bond acceptors (Lipinski definition) is 7. The first-order valence-electron chi connectivity index (χ1n) is 12.8. The minimum atomic E-state index is -1.15. The lowest BCUT2D eigenvalue weighted by Crippen LogP contribution is -2.75. The molecule has 1 saturated heterocycles. The molecule has 0 spiro atoms. The first-order chi connectivity index (χ1) is 16.5. The number of rotatable bonds is 2. The second kappa shape index (κ2) is 7.31. The van der Waals surface area contributed by atoms with E-state index in [-0.39, 0.29) is 35.4 Å². The van der Waals surface area contributed by atoms with Crippen LogP contribution in [0.3, 0.4) is 0 Å². The maximum atomic E-state index is 12.5. The summed E-state index contributed by atoms with van der Waals surface area (Å²) < 4.78 is 19.0. The third-order valence-corrected chi connectivity index (χ3v) is 10.9. The van der Waals surface area contributed by atoms with Crippen molar-refractivity contribution in [2.24, 2.45) is 23.2 Å². The minimum absolute atomic E-state index is 0.0292. The van der Waals surface area contributed by atoms with Crippen LogP contribution in [-0.4, -0.2) is 52.0 Å². The zero-order chi connectivity index (χ0) is 25.1. The Morgan fingerprint density at radius 3 is 2.63 bits per heavy atom. The Kier molecular flexibility index (Phi) is 4.90. The molecule has 0 radical (unpaired) electrons. The van der Waals surface area contributed by atoms with Gasteiger partial charge in [-0.3, -0.25) is 0 Å². The van der Waals surface area contributed by atoms with Gasteiger partial charge < -0.3 is 29.5 Å². The van der Waals surface area contributed by atoms with Gasteiger partial charge in [-0.05, 0) is 68.1 Å². The van der Waals surface area contributed by atoms with Crippen LogP contribution < -0.4 is 0 Å². The van der Waals surface area contributed by atoms with Crippen LogP contribution in [0.1, 0.15) is 76.5 Å². The molecule has 35 heavy (non-hydrogen) atoms. The van der Waals surface area contributed by atoms with Gasteiger partial charge >= 0.3 is 5.97 Å². The summed E-state index contributed by atoms with van der Waals surface area (Å²) in [6.07, 6.45) is 0.562. The topological polar surface area (TPSA) is 105 Å². The average molecular weight is 485 g/mol. The van der Waals surface area contributed by atoms with Crippen molar-refractivity contribution >= 4 is 5.97 Å². The van der Waals surface area contributed by atoms with E-state index >= 15 is 0 Å². The minimum Gasteiger partial charge on any atom is -0.508 e. The number of carbonyl (C=O) groups is 1. The highest BCUT2D eigenvalue weighted by Gasteiger charge is 2.78. The highest BCUT2D eigenvalue weighted by Crippen LogP contribution is 2.73. The molecule has 0 amide bonds. The molecule has 7 nitrogen and oxygen atoms in total. The van der Waals surface area contributed by atoms with E-state index < -0.39 is 35.1 Å². The fraction of sp³-hybridized carbons (Fsp3) is 0.679. The number of aromatic hydroxyl groups is 1. The van der Waals surface area contributed by atoms with Gasteiger partial charge in [0.05, 0.1) is 17.1 Å². The number of aliphatic hydroxyl groups excluding tert-OH is 1. The Hall–Kier alpha value is -1.93. The number of aliphatic hydroxyl groups is 2. The first-order valence-corrected chi connectivity index (χ1v) is 12.8. The van der Waals surface area contributed by atoms with Crippen molar-refractivity contribution in [3.05, 3.63) is 40.5 Å². The molecule has 7 heteroatoms. The van der Waals surface area contributed by atoms with Crippen molar-refractivity contribution in [1.82, 2.24) is 0 Å². The van der Waals surface area contributed by atoms with Gasteiger partial charge in [0.1, 0.15) is 11.9 Å². The molecule has 0 aromatic heterocycles. The summed E-state index contributed by atoms with van der Waals surface area (Å²) in [4.78, 5) is 12.4. The second-order valence-electron chi connectivity index (χ2n) is 11.7. The number of esters is 1. The van der Waals surface area contributed by atoms with Crippen LogP contribution in [0, 0.1) is 23.2 Å². The molecule has 6 rings (SSSR count). The summed E-state index contributed by atoms with van der Waals surface area (Å²) in [6.45, 7) is 7.73. The third-order valence-electron chi connectivity index (χ3n) is 10.9. The number of fused-ring (bicyclic) bond motifs is 4. The predicted octanol–water partition coefficient (Wildman–Crippen LogP) is 3.72. The van der Waals surface area contributed by atoms with Crippen LogP contribution in [0.15, 0.2) is 29.3 Å². The van der Waals surface area contributed by atoms with Crippen molar-refractivity contribution in [2.75, 3.05) is 7.11 Å². The Balaban J connectivity index is 1.51. The lowest BCUT2D eigenvalue weighted by Gasteiger charge is -2.67. The van der Waals surface area contributed by atoms with E-state index in [1.807, 2.05) is 19.9 Å². The van der Waals surface area contributed by atoms with Crippen LogP contribution in [0.25, 0.3) is 0 Å². The van der Waals surface area contributed by atoms with Crippen LogP contribution in [0.5, 0.6) is 5.75 Å². The van der Waals surface area contributed by atoms with Gasteiger partial charge in [0.15, 0.2) is 11.9 Å². The fourth-order valence-corrected chi connectivity index (χ4v) is 8.84. The quantitative estimate of drug-likeness (QED) is 0.550. The SMILES string of the molecule is CO[C@@]12C[C@@H]3c4c(O)cccc4[C@H](O)C[C@H]3[C@@H]3CC[C@@](O)([C@H](C)[C@@H]([C@@H]4OC(=O)C(C)=C4C)O1)[C@]32C. The lowest BCUT2D eigenvalue weighted by molar-refractivity contribution is -0.414. The summed E-state index contributed by atoms with van der Waals surface area (Å²) in [5.41, 5.74) is 1.11. The molecule has 2 heterocycles. The van der Waals surface area contributed by atoms with E-state index in [1.54, 1.807) is 26.2 Å². The molecule has 3 N–H and O–H groups in total. The van der Waals surface area contributed by atoms with Gasteiger partial charge in [0, 0.05) is 30.6 Å². The lowest BCUT2D eigenvalue weighted by atomic mass is 9.47. The summed E-state index contributed by atoms with van der Waals surface area (Å²) >= 11 is 0. The van der Waals surface area contributed by atoms with Crippen molar-refractivity contribution in [3.63, 3.8) is 0 Å². The number of benzene rings is 1. The number of methoxy groups -OCH3 is 1. The van der Waals surface area contributed by atoms with Crippen LogP contribution in [0.2, 0.25) is 0 Å². The van der Waals surface area contributed by atoms with Gasteiger partial charge in [-0.25, -0.2) is 4.79 Å². The summed E-state index contributed by atoms with van der Waals surface area (Å²) in [5.74, 6) is -1.59. The molecule has 3 fully saturated rings. The Morgan fingerprint density at radius 1 is 1.23 bits per heavy atom.